The summed E-state index contributed by atoms with van der Waals surface area (Å²) < 4.78 is 4.73. The molecule has 0 fully saturated rings. The third kappa shape index (κ3) is 6.66. The van der Waals surface area contributed by atoms with Gasteiger partial charge in [0.25, 0.3) is 0 Å². The number of rotatable bonds is 8. The van der Waals surface area contributed by atoms with Crippen molar-refractivity contribution in [1.82, 2.24) is 29.1 Å². The van der Waals surface area contributed by atoms with Crippen LogP contribution in [0.15, 0.2) is 243 Å². The highest BCUT2D eigenvalue weighted by atomic mass is 15.0. The number of para-hydroxylation sites is 4. The maximum Gasteiger partial charge on any atom is 0.164 e. The number of hydrogen-bond donors (Lipinski definition) is 0. The molecule has 4 aromatic heterocycles. The van der Waals surface area contributed by atoms with Crippen LogP contribution in [0.1, 0.15) is 0 Å². The van der Waals surface area contributed by atoms with Crippen molar-refractivity contribution in [3.05, 3.63) is 243 Å². The van der Waals surface area contributed by atoms with Gasteiger partial charge in [0.15, 0.2) is 17.5 Å². The molecule has 0 radical (unpaired) electrons. The predicted molar refractivity (Wildman–Crippen MR) is 279 cm³/mol. The summed E-state index contributed by atoms with van der Waals surface area (Å²) in [4.78, 5) is 20.1. The van der Waals surface area contributed by atoms with Gasteiger partial charge in [-0.05, 0) is 118 Å². The number of hydrogen-bond acceptors (Lipinski definition) is 4. The van der Waals surface area contributed by atoms with E-state index in [4.69, 9.17) is 15.0 Å². The van der Waals surface area contributed by atoms with Crippen LogP contribution in [0.4, 0.5) is 0 Å². The van der Waals surface area contributed by atoms with E-state index in [1.165, 1.54) is 21.5 Å². The van der Waals surface area contributed by atoms with Crippen LogP contribution in [0.2, 0.25) is 0 Å². The van der Waals surface area contributed by atoms with Crippen molar-refractivity contribution in [3.63, 3.8) is 0 Å². The first-order chi connectivity index (χ1) is 33.7. The molecule has 9 aromatic carbocycles. The Kier molecular flexibility index (Phi) is 9.39. The molecule has 0 unspecified atom stereocenters. The lowest BCUT2D eigenvalue weighted by Gasteiger charge is -2.19. The largest absolute Gasteiger partial charge is 0.309 e. The minimum Gasteiger partial charge on any atom is -0.309 e. The molecule has 0 N–H and O–H groups in total. The maximum absolute atomic E-state index is 5.29. The van der Waals surface area contributed by atoms with Crippen molar-refractivity contribution in [2.45, 2.75) is 0 Å². The summed E-state index contributed by atoms with van der Waals surface area (Å²) in [5.41, 5.74) is 16.0. The Balaban J connectivity index is 1.12. The third-order valence-corrected chi connectivity index (χ3v) is 13.1. The van der Waals surface area contributed by atoms with Gasteiger partial charge in [0.1, 0.15) is 0 Å². The van der Waals surface area contributed by atoms with Gasteiger partial charge < -0.3 is 9.13 Å². The van der Waals surface area contributed by atoms with Crippen LogP contribution >= 0.6 is 0 Å². The molecule has 0 aliphatic heterocycles. The van der Waals surface area contributed by atoms with Crippen molar-refractivity contribution < 1.29 is 0 Å². The van der Waals surface area contributed by atoms with Crippen LogP contribution in [0, 0.1) is 0 Å². The number of aromatic nitrogens is 6. The Morgan fingerprint density at radius 3 is 1.10 bits per heavy atom. The molecule has 6 heteroatoms. The van der Waals surface area contributed by atoms with E-state index < -0.39 is 0 Å². The Morgan fingerprint density at radius 2 is 0.647 bits per heavy atom. The molecular formula is C62H40N6. The Hall–Kier alpha value is -9.26. The van der Waals surface area contributed by atoms with Crippen molar-refractivity contribution in [3.8, 4) is 78.9 Å². The summed E-state index contributed by atoms with van der Waals surface area (Å²) in [5, 5.41) is 4.71. The first-order valence-corrected chi connectivity index (χ1v) is 22.9. The first-order valence-electron chi connectivity index (χ1n) is 22.9. The molecule has 0 saturated heterocycles. The van der Waals surface area contributed by atoms with Gasteiger partial charge in [0.2, 0.25) is 0 Å². The molecule has 6 nitrogen and oxygen atoms in total. The number of fused-ring (bicyclic) bond motifs is 6. The summed E-state index contributed by atoms with van der Waals surface area (Å²) in [6.07, 6.45) is 3.77. The number of benzene rings is 9. The van der Waals surface area contributed by atoms with E-state index in [-0.39, 0.29) is 0 Å². The topological polar surface area (TPSA) is 61.4 Å². The predicted octanol–water partition coefficient (Wildman–Crippen LogP) is 15.5. The molecule has 0 spiro atoms. The van der Waals surface area contributed by atoms with Gasteiger partial charge in [-0.25, -0.2) is 15.0 Å². The second-order valence-corrected chi connectivity index (χ2v) is 17.1. The molecule has 0 bridgehead atoms. The summed E-state index contributed by atoms with van der Waals surface area (Å²) in [6.45, 7) is 0. The molecule has 68 heavy (non-hydrogen) atoms. The normalized spacial score (nSPS) is 11.5. The standard InChI is InChI=1S/C62H40N6/c1-5-17-42(18-6-1)60-64-61(43-19-7-2-8-20-43)66-62(65-60)46-39-51(44-29-31-57-53(37-44)49-25-13-15-27-55(49)67(57)47-21-9-3-10-22-47)59(41-33-35-63-36-34-41)52(40-46)45-30-32-58-54(38-45)50-26-14-16-28-56(50)68(58)48-23-11-4-12-24-48/h1-40H. The summed E-state index contributed by atoms with van der Waals surface area (Å²) in [6, 6.07) is 81.5. The van der Waals surface area contributed by atoms with E-state index in [0.29, 0.717) is 17.5 Å². The Bertz CT molecular complexity index is 3760. The average molecular weight is 869 g/mol. The monoisotopic (exact) mass is 868 g/mol. The second-order valence-electron chi connectivity index (χ2n) is 17.1. The smallest absolute Gasteiger partial charge is 0.164 e. The zero-order valence-corrected chi connectivity index (χ0v) is 36.8. The van der Waals surface area contributed by atoms with Crippen LogP contribution in [0.3, 0.4) is 0 Å². The molecular weight excluding hydrogens is 829 g/mol. The first kappa shape index (κ1) is 39.1. The fourth-order valence-corrected chi connectivity index (χ4v) is 9.99. The maximum atomic E-state index is 5.29. The molecule has 0 aliphatic rings. The van der Waals surface area contributed by atoms with E-state index in [2.05, 4.69) is 208 Å². The van der Waals surface area contributed by atoms with E-state index in [1.54, 1.807) is 0 Å². The fraction of sp³-hybridized carbons (Fsp3) is 0. The lowest BCUT2D eigenvalue weighted by atomic mass is 9.85. The highest BCUT2D eigenvalue weighted by Crippen LogP contribution is 2.46. The molecule has 0 saturated carbocycles. The molecule has 318 valence electrons. The van der Waals surface area contributed by atoms with Crippen LogP contribution in [0.5, 0.6) is 0 Å². The molecule has 4 heterocycles. The van der Waals surface area contributed by atoms with E-state index in [1.807, 2.05) is 48.8 Å². The highest BCUT2D eigenvalue weighted by Gasteiger charge is 2.23. The summed E-state index contributed by atoms with van der Waals surface area (Å²) >= 11 is 0. The third-order valence-electron chi connectivity index (χ3n) is 13.1. The SMILES string of the molecule is c1ccc(-c2nc(-c3ccccc3)nc(-c3cc(-c4ccc5c(c4)c4ccccc4n5-c4ccccc4)c(-c4ccncc4)c(-c4ccc5c(c4)c4ccccc4n5-c4ccccc4)c3)n2)cc1. The van der Waals surface area contributed by atoms with Crippen molar-refractivity contribution in [1.29, 1.82) is 0 Å². The van der Waals surface area contributed by atoms with Crippen molar-refractivity contribution >= 4 is 43.6 Å². The van der Waals surface area contributed by atoms with Gasteiger partial charge in [-0.3, -0.25) is 4.98 Å². The molecule has 13 rings (SSSR count). The van der Waals surface area contributed by atoms with Gasteiger partial charge >= 0.3 is 0 Å². The zero-order chi connectivity index (χ0) is 45.0. The van der Waals surface area contributed by atoms with Gasteiger partial charge in [-0.15, -0.1) is 0 Å². The van der Waals surface area contributed by atoms with Crippen molar-refractivity contribution in [2.75, 3.05) is 0 Å². The fourth-order valence-electron chi connectivity index (χ4n) is 9.99. The number of pyridine rings is 1. The van der Waals surface area contributed by atoms with Gasteiger partial charge in [-0.1, -0.05) is 146 Å². The van der Waals surface area contributed by atoms with E-state index in [9.17, 15) is 0 Å². The number of nitrogens with zero attached hydrogens (tertiary/aromatic N) is 6. The van der Waals surface area contributed by atoms with E-state index in [0.717, 1.165) is 83.5 Å². The van der Waals surface area contributed by atoms with Crippen LogP contribution in [-0.4, -0.2) is 29.1 Å². The van der Waals surface area contributed by atoms with Gasteiger partial charge in [-0.2, -0.15) is 0 Å². The summed E-state index contributed by atoms with van der Waals surface area (Å²) in [7, 11) is 0. The van der Waals surface area contributed by atoms with Gasteiger partial charge in [0, 0.05) is 62.0 Å². The Morgan fingerprint density at radius 1 is 0.265 bits per heavy atom. The minimum absolute atomic E-state index is 0.588. The van der Waals surface area contributed by atoms with Gasteiger partial charge in [0.05, 0.1) is 22.1 Å². The molecule has 0 atom stereocenters. The highest BCUT2D eigenvalue weighted by molar-refractivity contribution is 6.13. The Labute approximate surface area is 392 Å². The molecule has 0 amide bonds. The molecule has 13 aromatic rings. The van der Waals surface area contributed by atoms with Crippen LogP contribution in [0.25, 0.3) is 123 Å². The lowest BCUT2D eigenvalue weighted by molar-refractivity contribution is 1.07. The average Bonchev–Trinajstić information content (AvgIpc) is 3.94. The van der Waals surface area contributed by atoms with Crippen LogP contribution < -0.4 is 0 Å². The summed E-state index contributed by atoms with van der Waals surface area (Å²) in [5.74, 6) is 1.81. The van der Waals surface area contributed by atoms with Crippen LogP contribution in [-0.2, 0) is 0 Å². The lowest BCUT2D eigenvalue weighted by Crippen LogP contribution is -2.01. The second kappa shape index (κ2) is 16.3. The van der Waals surface area contributed by atoms with E-state index >= 15 is 0 Å². The zero-order valence-electron chi connectivity index (χ0n) is 36.8. The van der Waals surface area contributed by atoms with Crippen molar-refractivity contribution in [2.24, 2.45) is 0 Å². The molecule has 0 aliphatic carbocycles. The quantitative estimate of drug-likeness (QED) is 0.153. The minimum atomic E-state index is 0.588.